The van der Waals surface area contributed by atoms with Crippen LogP contribution in [0.2, 0.25) is 0 Å². The maximum atomic E-state index is 12.4. The van der Waals surface area contributed by atoms with Gasteiger partial charge in [0.2, 0.25) is 0 Å². The minimum absolute atomic E-state index is 0.106. The van der Waals surface area contributed by atoms with Crippen molar-refractivity contribution in [3.8, 4) is 11.1 Å². The Hall–Kier alpha value is -3.26. The fourth-order valence-corrected chi connectivity index (χ4v) is 2.45. The monoisotopic (exact) mass is 354 g/mol. The number of amides is 1. The van der Waals surface area contributed by atoms with Gasteiger partial charge in [0, 0.05) is 36.5 Å². The Morgan fingerprint density at radius 1 is 1.27 bits per heavy atom. The van der Waals surface area contributed by atoms with Crippen LogP contribution in [0.3, 0.4) is 0 Å². The first-order valence-electron chi connectivity index (χ1n) is 8.01. The average molecular weight is 354 g/mol. The lowest BCUT2D eigenvalue weighted by Crippen LogP contribution is -2.41. The first kappa shape index (κ1) is 17.6. The summed E-state index contributed by atoms with van der Waals surface area (Å²) >= 11 is 0. The summed E-state index contributed by atoms with van der Waals surface area (Å²) in [5.41, 5.74) is 2.63. The van der Waals surface area contributed by atoms with Crippen LogP contribution >= 0.6 is 0 Å². The number of hydrogen-bond acceptors (Lipinski definition) is 6. The molecule has 0 aliphatic heterocycles. The molecule has 0 aromatic carbocycles. The predicted octanol–water partition coefficient (Wildman–Crippen LogP) is 1.28. The van der Waals surface area contributed by atoms with E-state index in [1.165, 1.54) is 13.1 Å². The number of aromatic nitrogens is 3. The largest absolute Gasteiger partial charge is 0.464 e. The Balaban J connectivity index is 1.77. The number of hydrogen-bond donors (Lipinski definition) is 3. The minimum Gasteiger partial charge on any atom is -0.464 e. The first-order valence-corrected chi connectivity index (χ1v) is 8.01. The summed E-state index contributed by atoms with van der Waals surface area (Å²) < 4.78 is 4.81. The van der Waals surface area contributed by atoms with E-state index in [4.69, 9.17) is 4.74 Å². The Bertz CT molecular complexity index is 938. The molecular formula is C18H18N4O4. The standard InChI is InChI=1S/C18H18N4O4/c1-11(24)26-10-15(9-23)22-18(25)16-7-12(2-4-19-16)14-6-13-3-5-20-17(13)21-8-14/h2-8,15,23H,9-10H2,1H3,(H,20,21)(H,22,25). The van der Waals surface area contributed by atoms with Crippen molar-refractivity contribution in [2.45, 2.75) is 13.0 Å². The third-order valence-electron chi connectivity index (χ3n) is 3.77. The number of pyridine rings is 2. The van der Waals surface area contributed by atoms with Gasteiger partial charge < -0.3 is 20.1 Å². The van der Waals surface area contributed by atoms with Crippen LogP contribution in [0, 0.1) is 0 Å². The molecular weight excluding hydrogens is 336 g/mol. The third-order valence-corrected chi connectivity index (χ3v) is 3.77. The zero-order valence-corrected chi connectivity index (χ0v) is 14.1. The summed E-state index contributed by atoms with van der Waals surface area (Å²) in [6.07, 6.45) is 5.06. The molecule has 8 heteroatoms. The van der Waals surface area contributed by atoms with Gasteiger partial charge >= 0.3 is 5.97 Å². The van der Waals surface area contributed by atoms with E-state index in [2.05, 4.69) is 20.3 Å². The second-order valence-electron chi connectivity index (χ2n) is 5.72. The van der Waals surface area contributed by atoms with Crippen LogP contribution in [0.15, 0.2) is 42.9 Å². The summed E-state index contributed by atoms with van der Waals surface area (Å²) in [4.78, 5) is 34.7. The molecule has 8 nitrogen and oxygen atoms in total. The maximum absolute atomic E-state index is 12.4. The van der Waals surface area contributed by atoms with Gasteiger partial charge in [-0.1, -0.05) is 0 Å². The molecule has 3 aromatic heterocycles. The van der Waals surface area contributed by atoms with E-state index in [-0.39, 0.29) is 18.9 Å². The van der Waals surface area contributed by atoms with E-state index in [0.29, 0.717) is 0 Å². The number of nitrogens with one attached hydrogen (secondary N) is 2. The SMILES string of the molecule is CC(=O)OCC(CO)NC(=O)c1cc(-c2cnc3[nH]ccc3c2)ccn1. The molecule has 0 saturated heterocycles. The number of aliphatic hydroxyl groups is 1. The number of rotatable bonds is 6. The summed E-state index contributed by atoms with van der Waals surface area (Å²) in [5, 5.41) is 12.9. The molecule has 0 radical (unpaired) electrons. The van der Waals surface area contributed by atoms with Crippen molar-refractivity contribution in [3.63, 3.8) is 0 Å². The van der Waals surface area contributed by atoms with Gasteiger partial charge in [-0.25, -0.2) is 4.98 Å². The Morgan fingerprint density at radius 2 is 2.12 bits per heavy atom. The molecule has 3 N–H and O–H groups in total. The Kier molecular flexibility index (Phi) is 5.23. The van der Waals surface area contributed by atoms with Crippen LogP contribution < -0.4 is 5.32 Å². The van der Waals surface area contributed by atoms with Crippen molar-refractivity contribution in [3.05, 3.63) is 48.5 Å². The van der Waals surface area contributed by atoms with Gasteiger partial charge in [-0.2, -0.15) is 0 Å². The lowest BCUT2D eigenvalue weighted by atomic mass is 10.1. The van der Waals surface area contributed by atoms with Crippen LogP contribution in [0.5, 0.6) is 0 Å². The number of H-pyrrole nitrogens is 1. The Labute approximate surface area is 149 Å². The lowest BCUT2D eigenvalue weighted by molar-refractivity contribution is -0.141. The van der Waals surface area contributed by atoms with Crippen molar-refractivity contribution in [2.75, 3.05) is 13.2 Å². The second-order valence-corrected chi connectivity index (χ2v) is 5.72. The predicted molar refractivity (Wildman–Crippen MR) is 94.3 cm³/mol. The highest BCUT2D eigenvalue weighted by Gasteiger charge is 2.16. The zero-order chi connectivity index (χ0) is 18.5. The van der Waals surface area contributed by atoms with Crippen molar-refractivity contribution in [2.24, 2.45) is 0 Å². The van der Waals surface area contributed by atoms with Gasteiger partial charge in [-0.05, 0) is 29.8 Å². The summed E-state index contributed by atoms with van der Waals surface area (Å²) in [6.45, 7) is 0.800. The highest BCUT2D eigenvalue weighted by atomic mass is 16.5. The molecule has 1 unspecified atom stereocenters. The molecule has 0 fully saturated rings. The van der Waals surface area contributed by atoms with E-state index in [1.807, 2.05) is 18.3 Å². The van der Waals surface area contributed by atoms with E-state index in [0.717, 1.165) is 22.2 Å². The molecule has 134 valence electrons. The number of aromatic amines is 1. The summed E-state index contributed by atoms with van der Waals surface area (Å²) in [5.74, 6) is -0.945. The summed E-state index contributed by atoms with van der Waals surface area (Å²) in [7, 11) is 0. The second kappa shape index (κ2) is 7.75. The third kappa shape index (κ3) is 4.04. The molecule has 26 heavy (non-hydrogen) atoms. The van der Waals surface area contributed by atoms with Crippen LogP contribution in [0.1, 0.15) is 17.4 Å². The lowest BCUT2D eigenvalue weighted by Gasteiger charge is -2.15. The molecule has 3 heterocycles. The van der Waals surface area contributed by atoms with Crippen molar-refractivity contribution >= 4 is 22.9 Å². The van der Waals surface area contributed by atoms with Crippen LogP contribution in [0.4, 0.5) is 0 Å². The number of esters is 1. The summed E-state index contributed by atoms with van der Waals surface area (Å²) in [6, 6.07) is 6.61. The molecule has 0 aliphatic carbocycles. The number of nitrogens with zero attached hydrogens (tertiary/aromatic N) is 2. The van der Waals surface area contributed by atoms with Crippen molar-refractivity contribution in [1.29, 1.82) is 0 Å². The average Bonchev–Trinajstić information content (AvgIpc) is 3.12. The topological polar surface area (TPSA) is 117 Å². The zero-order valence-electron chi connectivity index (χ0n) is 14.1. The number of aliphatic hydroxyl groups excluding tert-OH is 1. The molecule has 0 bridgehead atoms. The van der Waals surface area contributed by atoms with E-state index in [1.54, 1.807) is 18.3 Å². The molecule has 0 saturated carbocycles. The van der Waals surface area contributed by atoms with Gasteiger partial charge in [-0.3, -0.25) is 14.6 Å². The molecule has 3 aromatic rings. The van der Waals surface area contributed by atoms with Gasteiger partial charge in [0.05, 0.1) is 12.6 Å². The van der Waals surface area contributed by atoms with Gasteiger partial charge in [-0.15, -0.1) is 0 Å². The minimum atomic E-state index is -0.699. The molecule has 0 aliphatic rings. The number of carbonyl (C=O) groups excluding carboxylic acids is 2. The normalized spacial score (nSPS) is 11.9. The van der Waals surface area contributed by atoms with E-state index < -0.39 is 17.9 Å². The fraction of sp³-hybridized carbons (Fsp3) is 0.222. The van der Waals surface area contributed by atoms with E-state index in [9.17, 15) is 14.7 Å². The fourth-order valence-electron chi connectivity index (χ4n) is 2.45. The van der Waals surface area contributed by atoms with Crippen LogP contribution in [-0.2, 0) is 9.53 Å². The first-order chi connectivity index (χ1) is 12.6. The molecule has 0 spiro atoms. The van der Waals surface area contributed by atoms with Gasteiger partial charge in [0.1, 0.15) is 17.9 Å². The number of carbonyl (C=O) groups is 2. The molecule has 1 amide bonds. The number of fused-ring (bicyclic) bond motifs is 1. The van der Waals surface area contributed by atoms with Crippen molar-refractivity contribution < 1.29 is 19.4 Å². The highest BCUT2D eigenvalue weighted by molar-refractivity contribution is 5.94. The van der Waals surface area contributed by atoms with E-state index >= 15 is 0 Å². The Morgan fingerprint density at radius 3 is 2.88 bits per heavy atom. The molecule has 1 atom stereocenters. The number of ether oxygens (including phenoxy) is 1. The highest BCUT2D eigenvalue weighted by Crippen LogP contribution is 2.22. The maximum Gasteiger partial charge on any atom is 0.302 e. The van der Waals surface area contributed by atoms with Crippen LogP contribution in [-0.4, -0.2) is 51.2 Å². The smallest absolute Gasteiger partial charge is 0.302 e. The molecule has 3 rings (SSSR count). The van der Waals surface area contributed by atoms with Crippen molar-refractivity contribution in [1.82, 2.24) is 20.3 Å². The van der Waals surface area contributed by atoms with Crippen LogP contribution in [0.25, 0.3) is 22.2 Å². The van der Waals surface area contributed by atoms with Gasteiger partial charge in [0.15, 0.2) is 0 Å². The quantitative estimate of drug-likeness (QED) is 0.574. The van der Waals surface area contributed by atoms with Gasteiger partial charge in [0.25, 0.3) is 5.91 Å².